The predicted octanol–water partition coefficient (Wildman–Crippen LogP) is 3.10. The Morgan fingerprint density at radius 2 is 1.77 bits per heavy atom. The number of nitrogens with zero attached hydrogens (tertiary/aromatic N) is 3. The second kappa shape index (κ2) is 13.7. The molecule has 0 spiro atoms. The van der Waals surface area contributed by atoms with E-state index in [1.807, 2.05) is 7.05 Å². The lowest BCUT2D eigenvalue weighted by atomic mass is 10.1. The Kier molecular flexibility index (Phi) is 10.6. The highest BCUT2D eigenvalue weighted by molar-refractivity contribution is 5.79. The van der Waals surface area contributed by atoms with Crippen LogP contribution in [0.25, 0.3) is 0 Å². The number of likely N-dealkylation sites (N-methyl/N-ethyl adjacent to an activating group) is 1. The Balaban J connectivity index is 1.19. The SMILES string of the molecule is CN=C(NCCCOC1CCN(Cc2ccccc2)CC1)NCCN(C)C1CCCC1. The Morgan fingerprint density at radius 1 is 1.06 bits per heavy atom. The van der Waals surface area contributed by atoms with Crippen LogP contribution in [0.15, 0.2) is 35.3 Å². The average molecular weight is 430 g/mol. The zero-order valence-corrected chi connectivity index (χ0v) is 19.7. The van der Waals surface area contributed by atoms with Crippen LogP contribution in [0.4, 0.5) is 0 Å². The third-order valence-corrected chi connectivity index (χ3v) is 6.68. The normalized spacial score (nSPS) is 19.3. The Labute approximate surface area is 189 Å². The standard InChI is InChI=1S/C25H43N5O/c1-26-25(28-16-19-29(2)23-11-6-7-12-23)27-15-8-20-31-24-13-17-30(18-14-24)21-22-9-4-3-5-10-22/h3-5,9-10,23-24H,6-8,11-21H2,1-2H3,(H2,26,27,28). The van der Waals surface area contributed by atoms with Gasteiger partial charge in [0.05, 0.1) is 6.10 Å². The molecule has 31 heavy (non-hydrogen) atoms. The van der Waals surface area contributed by atoms with Gasteiger partial charge in [0.15, 0.2) is 5.96 Å². The first-order chi connectivity index (χ1) is 15.2. The van der Waals surface area contributed by atoms with Gasteiger partial charge in [-0.1, -0.05) is 43.2 Å². The zero-order chi connectivity index (χ0) is 21.7. The second-order valence-corrected chi connectivity index (χ2v) is 9.03. The Bertz CT molecular complexity index is 624. The fraction of sp³-hybridized carbons (Fsp3) is 0.720. The van der Waals surface area contributed by atoms with Crippen LogP contribution < -0.4 is 10.6 Å². The maximum Gasteiger partial charge on any atom is 0.191 e. The number of benzene rings is 1. The molecule has 2 N–H and O–H groups in total. The van der Waals surface area contributed by atoms with Gasteiger partial charge in [0, 0.05) is 59.0 Å². The van der Waals surface area contributed by atoms with Crippen LogP contribution >= 0.6 is 0 Å². The van der Waals surface area contributed by atoms with E-state index >= 15 is 0 Å². The van der Waals surface area contributed by atoms with Crippen LogP contribution in [-0.2, 0) is 11.3 Å². The highest BCUT2D eigenvalue weighted by atomic mass is 16.5. The topological polar surface area (TPSA) is 52.1 Å². The molecule has 0 aromatic heterocycles. The van der Waals surface area contributed by atoms with Crippen LogP contribution in [0.2, 0.25) is 0 Å². The molecule has 0 bridgehead atoms. The van der Waals surface area contributed by atoms with E-state index in [-0.39, 0.29) is 0 Å². The van der Waals surface area contributed by atoms with Gasteiger partial charge < -0.3 is 20.3 Å². The molecule has 0 amide bonds. The lowest BCUT2D eigenvalue weighted by molar-refractivity contribution is 0.00534. The molecular formula is C25H43N5O. The molecule has 0 radical (unpaired) electrons. The molecule has 2 aliphatic rings. The molecule has 1 saturated heterocycles. The van der Waals surface area contributed by atoms with Gasteiger partial charge in [-0.05, 0) is 44.7 Å². The molecule has 0 atom stereocenters. The summed E-state index contributed by atoms with van der Waals surface area (Å²) in [6.07, 6.45) is 9.19. The summed E-state index contributed by atoms with van der Waals surface area (Å²) >= 11 is 0. The molecule has 6 nitrogen and oxygen atoms in total. The maximum atomic E-state index is 6.13. The Hall–Kier alpha value is -1.63. The van der Waals surface area contributed by atoms with E-state index in [0.717, 1.165) is 77.1 Å². The molecule has 1 aromatic rings. The van der Waals surface area contributed by atoms with Crippen molar-refractivity contribution in [2.24, 2.45) is 4.99 Å². The third kappa shape index (κ3) is 8.79. The second-order valence-electron chi connectivity index (χ2n) is 9.03. The molecule has 6 heteroatoms. The number of rotatable bonds is 11. The van der Waals surface area contributed by atoms with Crippen molar-refractivity contribution in [1.29, 1.82) is 0 Å². The summed E-state index contributed by atoms with van der Waals surface area (Å²) in [4.78, 5) is 9.37. The van der Waals surface area contributed by atoms with Gasteiger partial charge in [0.2, 0.25) is 0 Å². The van der Waals surface area contributed by atoms with Crippen LogP contribution in [0.5, 0.6) is 0 Å². The number of nitrogens with one attached hydrogen (secondary N) is 2. The number of piperidine rings is 1. The van der Waals surface area contributed by atoms with E-state index in [9.17, 15) is 0 Å². The van der Waals surface area contributed by atoms with Crippen LogP contribution in [0.3, 0.4) is 0 Å². The first-order valence-electron chi connectivity index (χ1n) is 12.3. The number of likely N-dealkylation sites (tertiary alicyclic amines) is 1. The average Bonchev–Trinajstić information content (AvgIpc) is 3.34. The minimum absolute atomic E-state index is 0.413. The molecule has 3 rings (SSSR count). The first kappa shape index (κ1) is 24.0. The number of hydrogen-bond acceptors (Lipinski definition) is 4. The molecule has 1 heterocycles. The van der Waals surface area contributed by atoms with Gasteiger partial charge in [0.25, 0.3) is 0 Å². The summed E-state index contributed by atoms with van der Waals surface area (Å²) in [5.74, 6) is 0.897. The largest absolute Gasteiger partial charge is 0.378 e. The summed E-state index contributed by atoms with van der Waals surface area (Å²) < 4.78 is 6.13. The van der Waals surface area contributed by atoms with E-state index in [0.29, 0.717) is 6.10 Å². The van der Waals surface area contributed by atoms with E-state index in [2.05, 4.69) is 62.8 Å². The molecule has 1 aliphatic heterocycles. The molecule has 0 unspecified atom stereocenters. The fourth-order valence-corrected chi connectivity index (χ4v) is 4.70. The molecule has 1 aliphatic carbocycles. The minimum Gasteiger partial charge on any atom is -0.378 e. The fourth-order valence-electron chi connectivity index (χ4n) is 4.70. The number of guanidine groups is 1. The lowest BCUT2D eigenvalue weighted by Crippen LogP contribution is -2.43. The summed E-state index contributed by atoms with van der Waals surface area (Å²) in [6, 6.07) is 11.5. The number of hydrogen-bond donors (Lipinski definition) is 2. The van der Waals surface area contributed by atoms with Gasteiger partial charge in [-0.15, -0.1) is 0 Å². The highest BCUT2D eigenvalue weighted by Gasteiger charge is 2.20. The van der Waals surface area contributed by atoms with E-state index in [1.54, 1.807) is 0 Å². The van der Waals surface area contributed by atoms with Crippen LogP contribution in [-0.4, -0.2) is 81.3 Å². The van der Waals surface area contributed by atoms with Crippen molar-refractivity contribution in [1.82, 2.24) is 20.4 Å². The highest BCUT2D eigenvalue weighted by Crippen LogP contribution is 2.21. The van der Waals surface area contributed by atoms with E-state index in [1.165, 1.54) is 31.2 Å². The molecular weight excluding hydrogens is 386 g/mol. The number of ether oxygens (including phenoxy) is 1. The monoisotopic (exact) mass is 429 g/mol. The summed E-state index contributed by atoms with van der Waals surface area (Å²) in [7, 11) is 4.09. The van der Waals surface area contributed by atoms with Crippen molar-refractivity contribution in [3.63, 3.8) is 0 Å². The maximum absolute atomic E-state index is 6.13. The van der Waals surface area contributed by atoms with Crippen LogP contribution in [0.1, 0.15) is 50.5 Å². The zero-order valence-electron chi connectivity index (χ0n) is 19.7. The molecule has 2 fully saturated rings. The van der Waals surface area contributed by atoms with Gasteiger partial charge >= 0.3 is 0 Å². The van der Waals surface area contributed by atoms with Crippen molar-refractivity contribution < 1.29 is 4.74 Å². The predicted molar refractivity (Wildman–Crippen MR) is 130 cm³/mol. The lowest BCUT2D eigenvalue weighted by Gasteiger charge is -2.32. The minimum atomic E-state index is 0.413. The van der Waals surface area contributed by atoms with Crippen molar-refractivity contribution in [2.75, 3.05) is 53.4 Å². The molecule has 1 aromatic carbocycles. The van der Waals surface area contributed by atoms with Crippen LogP contribution in [0, 0.1) is 0 Å². The summed E-state index contributed by atoms with van der Waals surface area (Å²) in [5, 5.41) is 6.86. The van der Waals surface area contributed by atoms with Crippen molar-refractivity contribution in [3.8, 4) is 0 Å². The molecule has 174 valence electrons. The summed E-state index contributed by atoms with van der Waals surface area (Å²) in [6.45, 7) is 7.03. The van der Waals surface area contributed by atoms with Crippen molar-refractivity contribution >= 4 is 5.96 Å². The first-order valence-corrected chi connectivity index (χ1v) is 12.3. The van der Waals surface area contributed by atoms with Gasteiger partial charge in [-0.25, -0.2) is 0 Å². The van der Waals surface area contributed by atoms with Crippen molar-refractivity contribution in [3.05, 3.63) is 35.9 Å². The van der Waals surface area contributed by atoms with Gasteiger partial charge in [0.1, 0.15) is 0 Å². The van der Waals surface area contributed by atoms with E-state index < -0.39 is 0 Å². The third-order valence-electron chi connectivity index (χ3n) is 6.68. The van der Waals surface area contributed by atoms with E-state index in [4.69, 9.17) is 4.74 Å². The smallest absolute Gasteiger partial charge is 0.191 e. The molecule has 1 saturated carbocycles. The Morgan fingerprint density at radius 3 is 2.48 bits per heavy atom. The summed E-state index contributed by atoms with van der Waals surface area (Å²) in [5.41, 5.74) is 1.40. The van der Waals surface area contributed by atoms with Gasteiger partial charge in [-0.2, -0.15) is 0 Å². The van der Waals surface area contributed by atoms with Crippen molar-refractivity contribution in [2.45, 2.75) is 63.6 Å². The number of aliphatic imine (C=N–C) groups is 1. The van der Waals surface area contributed by atoms with Gasteiger partial charge in [-0.3, -0.25) is 9.89 Å². The quantitative estimate of drug-likeness (QED) is 0.322.